The van der Waals surface area contributed by atoms with E-state index in [1.165, 1.54) is 0 Å². The van der Waals surface area contributed by atoms with E-state index in [1.807, 2.05) is 13.8 Å². The summed E-state index contributed by atoms with van der Waals surface area (Å²) in [5, 5.41) is 2.86. The second kappa shape index (κ2) is 6.20. The second-order valence-electron chi connectivity index (χ2n) is 3.94. The summed E-state index contributed by atoms with van der Waals surface area (Å²) >= 11 is 0. The number of halogens is 1. The number of hydrogen-bond donors (Lipinski definition) is 1. The fourth-order valence-corrected chi connectivity index (χ4v) is 1.23. The molecule has 16 heavy (non-hydrogen) atoms. The highest BCUT2D eigenvalue weighted by Gasteiger charge is 2.03. The zero-order chi connectivity index (χ0) is 12.0. The van der Waals surface area contributed by atoms with Crippen molar-refractivity contribution < 1.29 is 4.39 Å². The van der Waals surface area contributed by atoms with E-state index in [2.05, 4.69) is 21.9 Å². The molecule has 1 N–H and O–H groups in total. The van der Waals surface area contributed by atoms with E-state index in [0.717, 1.165) is 17.6 Å². The van der Waals surface area contributed by atoms with Crippen LogP contribution in [0.4, 0.5) is 10.3 Å². The second-order valence-corrected chi connectivity index (χ2v) is 3.94. The van der Waals surface area contributed by atoms with Crippen LogP contribution in [0, 0.1) is 0 Å². The molecule has 3 nitrogen and oxygen atoms in total. The maximum atomic E-state index is 12.9. The van der Waals surface area contributed by atoms with Gasteiger partial charge in [0.25, 0.3) is 0 Å². The Balaban J connectivity index is 2.48. The predicted molar refractivity (Wildman–Crippen MR) is 64.2 cm³/mol. The van der Waals surface area contributed by atoms with E-state index in [1.54, 1.807) is 12.4 Å². The predicted octanol–water partition coefficient (Wildman–Crippen LogP) is 2.76. The van der Waals surface area contributed by atoms with Crippen LogP contribution in [0.15, 0.2) is 24.5 Å². The van der Waals surface area contributed by atoms with E-state index in [-0.39, 0.29) is 6.54 Å². The van der Waals surface area contributed by atoms with Crippen molar-refractivity contribution in [3.8, 4) is 0 Å². The van der Waals surface area contributed by atoms with Crippen molar-refractivity contribution in [2.45, 2.75) is 32.9 Å². The number of aromatic nitrogens is 2. The molecule has 0 radical (unpaired) electrons. The summed E-state index contributed by atoms with van der Waals surface area (Å²) in [6, 6.07) is 0. The van der Waals surface area contributed by atoms with Crippen molar-refractivity contribution in [2.24, 2.45) is 0 Å². The van der Waals surface area contributed by atoms with Gasteiger partial charge in [-0.05, 0) is 25.3 Å². The number of rotatable bonds is 6. The molecule has 1 rings (SSSR count). The highest BCUT2D eigenvalue weighted by molar-refractivity contribution is 5.26. The van der Waals surface area contributed by atoms with Crippen LogP contribution in [0.25, 0.3) is 0 Å². The largest absolute Gasteiger partial charge is 0.351 e. The van der Waals surface area contributed by atoms with Crippen LogP contribution in [-0.4, -0.2) is 22.7 Å². The van der Waals surface area contributed by atoms with Gasteiger partial charge in [0, 0.05) is 18.9 Å². The maximum Gasteiger partial charge on any atom is 0.222 e. The molecule has 88 valence electrons. The molecule has 0 amide bonds. The summed E-state index contributed by atoms with van der Waals surface area (Å²) in [7, 11) is 0. The first-order valence-corrected chi connectivity index (χ1v) is 5.45. The van der Waals surface area contributed by atoms with Gasteiger partial charge in [0.1, 0.15) is 6.17 Å². The molecule has 0 spiro atoms. The van der Waals surface area contributed by atoms with E-state index < -0.39 is 6.17 Å². The standard InChI is InChI=1S/C12H18FN3/c1-4-11(13)8-16-12-14-6-10(7-15-12)5-9(2)3/h6-7,11H,2,4-5,8H2,1,3H3,(H,14,15,16). The van der Waals surface area contributed by atoms with E-state index in [4.69, 9.17) is 0 Å². The summed E-state index contributed by atoms with van der Waals surface area (Å²) in [6.07, 6.45) is 3.91. The Morgan fingerprint density at radius 2 is 2.12 bits per heavy atom. The van der Waals surface area contributed by atoms with Crippen LogP contribution in [0.5, 0.6) is 0 Å². The van der Waals surface area contributed by atoms with Crippen LogP contribution >= 0.6 is 0 Å². The Morgan fingerprint density at radius 3 is 2.62 bits per heavy atom. The third-order valence-corrected chi connectivity index (χ3v) is 2.14. The summed E-state index contributed by atoms with van der Waals surface area (Å²) < 4.78 is 12.9. The molecule has 0 fully saturated rings. The molecule has 1 aromatic rings. The molecule has 0 aliphatic carbocycles. The minimum atomic E-state index is -0.848. The molecule has 1 aromatic heterocycles. The molecule has 0 saturated carbocycles. The van der Waals surface area contributed by atoms with Gasteiger partial charge in [0.15, 0.2) is 0 Å². The first kappa shape index (κ1) is 12.6. The van der Waals surface area contributed by atoms with Gasteiger partial charge in [-0.2, -0.15) is 0 Å². The smallest absolute Gasteiger partial charge is 0.222 e. The maximum absolute atomic E-state index is 12.9. The van der Waals surface area contributed by atoms with Gasteiger partial charge in [0.2, 0.25) is 5.95 Å². The molecule has 0 aromatic carbocycles. The van der Waals surface area contributed by atoms with Crippen LogP contribution in [0.2, 0.25) is 0 Å². The number of anilines is 1. The summed E-state index contributed by atoms with van der Waals surface area (Å²) in [6.45, 7) is 7.85. The first-order chi connectivity index (χ1) is 7.61. The van der Waals surface area contributed by atoms with Crippen LogP contribution in [0.1, 0.15) is 25.8 Å². The molecule has 0 aliphatic heterocycles. The SMILES string of the molecule is C=C(C)Cc1cnc(NCC(F)CC)nc1. The number of nitrogens with zero attached hydrogens (tertiary/aromatic N) is 2. The normalized spacial score (nSPS) is 12.2. The lowest BCUT2D eigenvalue weighted by molar-refractivity contribution is 0.340. The number of nitrogens with one attached hydrogen (secondary N) is 1. The average molecular weight is 223 g/mol. The summed E-state index contributed by atoms with van der Waals surface area (Å²) in [5.41, 5.74) is 2.09. The molecule has 0 saturated heterocycles. The van der Waals surface area contributed by atoms with Gasteiger partial charge >= 0.3 is 0 Å². The lowest BCUT2D eigenvalue weighted by Gasteiger charge is -2.07. The minimum absolute atomic E-state index is 0.260. The van der Waals surface area contributed by atoms with Crippen LogP contribution in [0.3, 0.4) is 0 Å². The fraction of sp³-hybridized carbons (Fsp3) is 0.500. The van der Waals surface area contributed by atoms with Crippen molar-refractivity contribution in [3.63, 3.8) is 0 Å². The Bertz CT molecular complexity index is 335. The molecule has 1 atom stereocenters. The highest BCUT2D eigenvalue weighted by atomic mass is 19.1. The minimum Gasteiger partial charge on any atom is -0.351 e. The van der Waals surface area contributed by atoms with E-state index >= 15 is 0 Å². The Morgan fingerprint density at radius 1 is 1.50 bits per heavy atom. The van der Waals surface area contributed by atoms with Crippen molar-refractivity contribution in [1.82, 2.24) is 9.97 Å². The molecule has 1 unspecified atom stereocenters. The third-order valence-electron chi connectivity index (χ3n) is 2.14. The molecule has 1 heterocycles. The molecule has 4 heteroatoms. The van der Waals surface area contributed by atoms with Crippen LogP contribution in [-0.2, 0) is 6.42 Å². The zero-order valence-corrected chi connectivity index (χ0v) is 9.83. The van der Waals surface area contributed by atoms with Gasteiger partial charge < -0.3 is 5.32 Å². The first-order valence-electron chi connectivity index (χ1n) is 5.45. The lowest BCUT2D eigenvalue weighted by Crippen LogP contribution is -2.15. The van der Waals surface area contributed by atoms with Gasteiger partial charge in [-0.1, -0.05) is 19.1 Å². The highest BCUT2D eigenvalue weighted by Crippen LogP contribution is 2.06. The summed E-state index contributed by atoms with van der Waals surface area (Å²) in [5.74, 6) is 0.474. The third kappa shape index (κ3) is 4.38. The van der Waals surface area contributed by atoms with Crippen molar-refractivity contribution in [3.05, 3.63) is 30.1 Å². The quantitative estimate of drug-likeness (QED) is 0.753. The molecule has 0 bridgehead atoms. The lowest BCUT2D eigenvalue weighted by atomic mass is 10.1. The Kier molecular flexibility index (Phi) is 4.89. The molecule has 0 aliphatic rings. The van der Waals surface area contributed by atoms with Crippen molar-refractivity contribution in [1.29, 1.82) is 0 Å². The van der Waals surface area contributed by atoms with Gasteiger partial charge in [-0.3, -0.25) is 0 Å². The Labute approximate surface area is 95.8 Å². The molecular weight excluding hydrogens is 205 g/mol. The van der Waals surface area contributed by atoms with Crippen LogP contribution < -0.4 is 5.32 Å². The van der Waals surface area contributed by atoms with Crippen molar-refractivity contribution >= 4 is 5.95 Å². The number of hydrogen-bond acceptors (Lipinski definition) is 3. The fourth-order valence-electron chi connectivity index (χ4n) is 1.23. The topological polar surface area (TPSA) is 37.8 Å². The number of allylic oxidation sites excluding steroid dienone is 1. The average Bonchev–Trinajstić information content (AvgIpc) is 2.27. The zero-order valence-electron chi connectivity index (χ0n) is 9.83. The van der Waals surface area contributed by atoms with E-state index in [0.29, 0.717) is 12.4 Å². The summed E-state index contributed by atoms with van der Waals surface area (Å²) in [4.78, 5) is 8.22. The number of alkyl halides is 1. The van der Waals surface area contributed by atoms with Gasteiger partial charge in [-0.15, -0.1) is 0 Å². The van der Waals surface area contributed by atoms with E-state index in [9.17, 15) is 4.39 Å². The Hall–Kier alpha value is -1.45. The monoisotopic (exact) mass is 223 g/mol. The van der Waals surface area contributed by atoms with Crippen molar-refractivity contribution in [2.75, 3.05) is 11.9 Å². The van der Waals surface area contributed by atoms with Gasteiger partial charge in [-0.25, -0.2) is 14.4 Å². The molecular formula is C12H18FN3. The van der Waals surface area contributed by atoms with Gasteiger partial charge in [0.05, 0.1) is 0 Å².